The zero-order valence-electron chi connectivity index (χ0n) is 9.94. The average molecular weight is 342 g/mol. The van der Waals surface area contributed by atoms with Crippen molar-refractivity contribution in [1.29, 1.82) is 0 Å². The molecule has 0 aliphatic heterocycles. The number of allylic oxidation sites excluding steroid dienone is 1. The normalized spacial score (nSPS) is 23.4. The van der Waals surface area contributed by atoms with Crippen LogP contribution in [0.3, 0.4) is 0 Å². The van der Waals surface area contributed by atoms with Crippen LogP contribution in [0.1, 0.15) is 18.9 Å². The van der Waals surface area contributed by atoms with Crippen molar-refractivity contribution < 1.29 is 7.80 Å². The van der Waals surface area contributed by atoms with Gasteiger partial charge in [0.1, 0.15) is 34.5 Å². The first-order chi connectivity index (χ1) is 8.11. The summed E-state index contributed by atoms with van der Waals surface area (Å²) >= 11 is 1.94. The van der Waals surface area contributed by atoms with Gasteiger partial charge in [0.15, 0.2) is 0 Å². The van der Waals surface area contributed by atoms with Crippen LogP contribution in [0.25, 0.3) is 0 Å². The number of ether oxygens (including phenoxy) is 1. The van der Waals surface area contributed by atoms with E-state index in [1.807, 2.05) is 59.4 Å². The smallest absolute Gasteiger partial charge is 0.127 e. The van der Waals surface area contributed by atoms with E-state index in [4.69, 9.17) is 7.80 Å². The van der Waals surface area contributed by atoms with E-state index < -0.39 is 0 Å². The Hall–Kier alpha value is -0.810. The van der Waals surface area contributed by atoms with Gasteiger partial charge in [0.2, 0.25) is 0 Å². The Morgan fingerprint density at radius 2 is 1.94 bits per heavy atom. The quantitative estimate of drug-likeness (QED) is 0.761. The number of hydrogen-bond acceptors (Lipinski definition) is 2. The molecule has 0 saturated heterocycles. The third-order valence-electron chi connectivity index (χ3n) is 2.74. The van der Waals surface area contributed by atoms with Crippen LogP contribution in [0, 0.1) is 6.92 Å². The van der Waals surface area contributed by atoms with Crippen LogP contribution in [0.4, 0.5) is 0 Å². The van der Waals surface area contributed by atoms with E-state index in [0.717, 1.165) is 17.9 Å². The second-order valence-electron chi connectivity index (χ2n) is 4.45. The van der Waals surface area contributed by atoms with Crippen molar-refractivity contribution >= 4 is 23.0 Å². The third kappa shape index (κ3) is 3.33. The van der Waals surface area contributed by atoms with Crippen LogP contribution < -0.4 is 4.74 Å². The van der Waals surface area contributed by atoms with E-state index in [9.17, 15) is 0 Å². The van der Waals surface area contributed by atoms with E-state index in [-0.39, 0.29) is 5.60 Å². The molecule has 1 aliphatic carbocycles. The zero-order chi connectivity index (χ0) is 12.3. The fourth-order valence-corrected chi connectivity index (χ4v) is 1.90. The molecule has 1 aromatic rings. The number of benzene rings is 1. The van der Waals surface area contributed by atoms with Crippen LogP contribution in [-0.2, 0) is 3.07 Å². The minimum absolute atomic E-state index is 0.208. The molecule has 90 valence electrons. The number of hydrogen-bond donors (Lipinski definition) is 0. The molecule has 0 spiro atoms. The standard InChI is InChI=1S/C14H15IO2/c1-11-3-5-12(6-4-11)16-13-7-9-14(2,17-15)10-8-13/h3-9H,10H2,1-2H3. The van der Waals surface area contributed by atoms with Crippen molar-refractivity contribution in [3.05, 3.63) is 53.8 Å². The summed E-state index contributed by atoms with van der Waals surface area (Å²) in [7, 11) is 0. The summed E-state index contributed by atoms with van der Waals surface area (Å²) in [6, 6.07) is 8.04. The monoisotopic (exact) mass is 342 g/mol. The lowest BCUT2D eigenvalue weighted by Gasteiger charge is -2.24. The number of aryl methyl sites for hydroxylation is 1. The Morgan fingerprint density at radius 1 is 1.24 bits per heavy atom. The van der Waals surface area contributed by atoms with Gasteiger partial charge in [-0.1, -0.05) is 17.7 Å². The fraction of sp³-hybridized carbons (Fsp3) is 0.286. The molecule has 0 N–H and O–H groups in total. The van der Waals surface area contributed by atoms with Crippen molar-refractivity contribution in [2.75, 3.05) is 0 Å². The highest BCUT2D eigenvalue weighted by Crippen LogP contribution is 2.27. The summed E-state index contributed by atoms with van der Waals surface area (Å²) in [6.07, 6.45) is 6.87. The predicted molar refractivity (Wildman–Crippen MR) is 77.2 cm³/mol. The molecule has 0 saturated carbocycles. The first kappa shape index (κ1) is 12.6. The van der Waals surface area contributed by atoms with Gasteiger partial charge in [-0.3, -0.25) is 0 Å². The van der Waals surface area contributed by atoms with E-state index in [0.29, 0.717) is 0 Å². The third-order valence-corrected chi connectivity index (χ3v) is 3.75. The van der Waals surface area contributed by atoms with Crippen molar-refractivity contribution in [2.24, 2.45) is 0 Å². The van der Waals surface area contributed by atoms with Crippen molar-refractivity contribution in [3.63, 3.8) is 0 Å². The molecule has 0 heterocycles. The molecule has 0 fully saturated rings. The van der Waals surface area contributed by atoms with Gasteiger partial charge < -0.3 is 7.80 Å². The fourth-order valence-electron chi connectivity index (χ4n) is 1.57. The van der Waals surface area contributed by atoms with E-state index in [2.05, 4.69) is 19.9 Å². The highest BCUT2D eigenvalue weighted by Gasteiger charge is 2.23. The number of rotatable bonds is 3. The first-order valence-electron chi connectivity index (χ1n) is 5.55. The molecule has 0 amide bonds. The topological polar surface area (TPSA) is 18.5 Å². The van der Waals surface area contributed by atoms with Gasteiger partial charge in [0.25, 0.3) is 0 Å². The summed E-state index contributed by atoms with van der Waals surface area (Å²) in [6.45, 7) is 4.11. The van der Waals surface area contributed by atoms with Crippen LogP contribution in [0.15, 0.2) is 48.3 Å². The van der Waals surface area contributed by atoms with Gasteiger partial charge in [-0.2, -0.15) is 0 Å². The molecular formula is C14H15IO2. The van der Waals surface area contributed by atoms with Gasteiger partial charge in [0, 0.05) is 6.42 Å². The minimum atomic E-state index is -0.208. The largest absolute Gasteiger partial charge is 0.458 e. The summed E-state index contributed by atoms with van der Waals surface area (Å²) in [5.41, 5.74) is 1.03. The van der Waals surface area contributed by atoms with Crippen LogP contribution >= 0.6 is 23.0 Å². The van der Waals surface area contributed by atoms with Gasteiger partial charge in [-0.15, -0.1) is 0 Å². The maximum Gasteiger partial charge on any atom is 0.127 e. The maximum absolute atomic E-state index is 5.76. The molecule has 17 heavy (non-hydrogen) atoms. The lowest BCUT2D eigenvalue weighted by Crippen LogP contribution is -2.23. The average Bonchev–Trinajstić information content (AvgIpc) is 2.35. The van der Waals surface area contributed by atoms with E-state index in [1.165, 1.54) is 5.56 Å². The van der Waals surface area contributed by atoms with Gasteiger partial charge in [-0.25, -0.2) is 0 Å². The zero-order valence-corrected chi connectivity index (χ0v) is 12.1. The Morgan fingerprint density at radius 3 is 2.47 bits per heavy atom. The van der Waals surface area contributed by atoms with Crippen LogP contribution in [-0.4, -0.2) is 5.60 Å². The second-order valence-corrected chi connectivity index (χ2v) is 4.89. The lowest BCUT2D eigenvalue weighted by atomic mass is 9.97. The van der Waals surface area contributed by atoms with Crippen molar-refractivity contribution in [3.8, 4) is 5.75 Å². The molecule has 1 aliphatic rings. The molecule has 1 aromatic carbocycles. The maximum atomic E-state index is 5.76. The summed E-state index contributed by atoms with van der Waals surface area (Å²) in [5.74, 6) is 1.74. The van der Waals surface area contributed by atoms with Gasteiger partial charge in [0.05, 0.1) is 5.60 Å². The highest BCUT2D eigenvalue weighted by molar-refractivity contribution is 14.1. The van der Waals surface area contributed by atoms with E-state index in [1.54, 1.807) is 0 Å². The molecule has 2 nitrogen and oxygen atoms in total. The second kappa shape index (κ2) is 5.23. The van der Waals surface area contributed by atoms with Crippen LogP contribution in [0.5, 0.6) is 5.75 Å². The molecule has 2 rings (SSSR count). The number of halogens is 1. The summed E-state index contributed by atoms with van der Waals surface area (Å²) < 4.78 is 11.1. The summed E-state index contributed by atoms with van der Waals surface area (Å²) in [4.78, 5) is 0. The van der Waals surface area contributed by atoms with Crippen LogP contribution in [0.2, 0.25) is 0 Å². The van der Waals surface area contributed by atoms with Gasteiger partial charge in [-0.05, 0) is 44.2 Å². The van der Waals surface area contributed by atoms with Crippen molar-refractivity contribution in [1.82, 2.24) is 0 Å². The molecule has 1 unspecified atom stereocenters. The molecule has 0 bridgehead atoms. The molecule has 3 heteroatoms. The lowest BCUT2D eigenvalue weighted by molar-refractivity contribution is 0.210. The Bertz CT molecular complexity index is 448. The molecule has 1 atom stereocenters. The molecular weight excluding hydrogens is 327 g/mol. The van der Waals surface area contributed by atoms with Gasteiger partial charge >= 0.3 is 0 Å². The highest BCUT2D eigenvalue weighted by atomic mass is 127. The van der Waals surface area contributed by atoms with Crippen molar-refractivity contribution in [2.45, 2.75) is 25.9 Å². The molecule has 0 radical (unpaired) electrons. The summed E-state index contributed by atoms with van der Waals surface area (Å²) in [5, 5.41) is 0. The predicted octanol–water partition coefficient (Wildman–Crippen LogP) is 4.34. The Kier molecular flexibility index (Phi) is 3.89. The molecule has 0 aromatic heterocycles. The Labute approximate surface area is 116 Å². The SMILES string of the molecule is Cc1ccc(OC2=CCC(C)(OI)C=C2)cc1. The van der Waals surface area contributed by atoms with E-state index >= 15 is 0 Å². The Balaban J connectivity index is 2.03. The minimum Gasteiger partial charge on any atom is -0.458 e. The first-order valence-corrected chi connectivity index (χ1v) is 6.43.